The Bertz CT molecular complexity index is 233. The third-order valence-electron chi connectivity index (χ3n) is 4.46. The van der Waals surface area contributed by atoms with Gasteiger partial charge in [-0.2, -0.15) is 0 Å². The Hall–Kier alpha value is -0.410. The third kappa shape index (κ3) is 4.06. The minimum Gasteiger partial charge on any atom is -0.395 e. The van der Waals surface area contributed by atoms with Gasteiger partial charge in [0.25, 0.3) is 0 Å². The normalized spacial score (nSPS) is 19.4. The van der Waals surface area contributed by atoms with Crippen molar-refractivity contribution in [3.05, 3.63) is 0 Å². The summed E-state index contributed by atoms with van der Waals surface area (Å²) in [6.45, 7) is 6.09. The lowest BCUT2D eigenvalue weighted by molar-refractivity contribution is -0.119. The minimum atomic E-state index is -0.143. The molecule has 0 amide bonds. The zero-order valence-electron chi connectivity index (χ0n) is 12.0. The van der Waals surface area contributed by atoms with Gasteiger partial charge in [0.2, 0.25) is 0 Å². The van der Waals surface area contributed by atoms with Gasteiger partial charge in [0.1, 0.15) is 6.29 Å². The van der Waals surface area contributed by atoms with Crippen LogP contribution in [0.2, 0.25) is 0 Å². The molecule has 0 aromatic heterocycles. The molecule has 0 aliphatic heterocycles. The monoisotopic (exact) mass is 255 g/mol. The molecule has 1 N–H and O–H groups in total. The zero-order chi connectivity index (χ0) is 13.4. The van der Waals surface area contributed by atoms with E-state index in [4.69, 9.17) is 0 Å². The topological polar surface area (TPSA) is 40.5 Å². The summed E-state index contributed by atoms with van der Waals surface area (Å²) in [6.07, 6.45) is 9.04. The Morgan fingerprint density at radius 3 is 2.28 bits per heavy atom. The first-order valence-electron chi connectivity index (χ1n) is 7.52. The molecule has 0 radical (unpaired) electrons. The molecule has 0 saturated heterocycles. The van der Waals surface area contributed by atoms with Crippen LogP contribution in [0.15, 0.2) is 0 Å². The number of aliphatic hydroxyl groups excluding tert-OH is 1. The van der Waals surface area contributed by atoms with E-state index in [2.05, 4.69) is 18.7 Å². The van der Waals surface area contributed by atoms with Gasteiger partial charge in [-0.1, -0.05) is 33.1 Å². The lowest BCUT2D eigenvalue weighted by atomic mass is 9.74. The first kappa shape index (κ1) is 15.6. The maximum atomic E-state index is 11.5. The first-order chi connectivity index (χ1) is 8.71. The molecule has 0 bridgehead atoms. The van der Waals surface area contributed by atoms with Crippen LogP contribution >= 0.6 is 0 Å². The Morgan fingerprint density at radius 1 is 1.22 bits per heavy atom. The molecule has 1 saturated carbocycles. The second-order valence-electron chi connectivity index (χ2n) is 5.71. The summed E-state index contributed by atoms with van der Waals surface area (Å²) in [7, 11) is 0. The highest BCUT2D eigenvalue weighted by molar-refractivity contribution is 5.60. The summed E-state index contributed by atoms with van der Waals surface area (Å²) >= 11 is 0. The molecule has 3 nitrogen and oxygen atoms in total. The van der Waals surface area contributed by atoms with Crippen LogP contribution in [0.3, 0.4) is 0 Å². The van der Waals surface area contributed by atoms with Gasteiger partial charge in [0.15, 0.2) is 0 Å². The Balaban J connectivity index is 2.69. The average molecular weight is 255 g/mol. The van der Waals surface area contributed by atoms with Crippen LogP contribution in [-0.2, 0) is 4.79 Å². The number of aliphatic hydroxyl groups is 1. The van der Waals surface area contributed by atoms with E-state index in [-0.39, 0.29) is 12.0 Å². The van der Waals surface area contributed by atoms with E-state index in [1.165, 1.54) is 25.5 Å². The maximum Gasteiger partial charge on any atom is 0.127 e. The van der Waals surface area contributed by atoms with Crippen molar-refractivity contribution in [3.63, 3.8) is 0 Å². The second-order valence-corrected chi connectivity index (χ2v) is 5.71. The molecule has 0 atom stereocenters. The number of carbonyl (C=O) groups excluding carboxylic acids is 1. The van der Waals surface area contributed by atoms with Crippen molar-refractivity contribution in [1.82, 2.24) is 4.90 Å². The van der Waals surface area contributed by atoms with Gasteiger partial charge in [-0.25, -0.2) is 0 Å². The van der Waals surface area contributed by atoms with Gasteiger partial charge in [-0.05, 0) is 25.7 Å². The number of carbonyl (C=O) groups is 1. The Labute approximate surface area is 112 Å². The molecular weight excluding hydrogens is 226 g/mol. The van der Waals surface area contributed by atoms with Gasteiger partial charge >= 0.3 is 0 Å². The summed E-state index contributed by atoms with van der Waals surface area (Å²) in [4.78, 5) is 13.9. The predicted molar refractivity (Wildman–Crippen MR) is 74.6 cm³/mol. The zero-order valence-corrected chi connectivity index (χ0v) is 12.0. The van der Waals surface area contributed by atoms with Crippen molar-refractivity contribution in [2.24, 2.45) is 5.41 Å². The fraction of sp³-hybridized carbons (Fsp3) is 0.933. The highest BCUT2D eigenvalue weighted by Gasteiger charge is 2.34. The predicted octanol–water partition coefficient (Wildman–Crippen LogP) is 2.62. The standard InChI is InChI=1S/C15H29NO2/c1-3-14(4-2)16(10-11-17)12-15(13-18)8-6-5-7-9-15/h13-14,17H,3-12H2,1-2H3. The number of rotatable bonds is 8. The number of hydrogen-bond donors (Lipinski definition) is 1. The summed E-state index contributed by atoms with van der Waals surface area (Å²) in [5, 5.41) is 9.23. The second kappa shape index (κ2) is 7.90. The summed E-state index contributed by atoms with van der Waals surface area (Å²) < 4.78 is 0. The summed E-state index contributed by atoms with van der Waals surface area (Å²) in [6, 6.07) is 0.496. The molecule has 0 unspecified atom stereocenters. The third-order valence-corrected chi connectivity index (χ3v) is 4.46. The van der Waals surface area contributed by atoms with Crippen LogP contribution < -0.4 is 0 Å². The fourth-order valence-corrected chi connectivity index (χ4v) is 3.30. The Kier molecular flexibility index (Phi) is 6.87. The molecule has 0 spiro atoms. The van der Waals surface area contributed by atoms with E-state index in [0.717, 1.165) is 32.2 Å². The highest BCUT2D eigenvalue weighted by atomic mass is 16.3. The molecule has 3 heteroatoms. The molecule has 18 heavy (non-hydrogen) atoms. The van der Waals surface area contributed by atoms with Crippen LogP contribution in [0.4, 0.5) is 0 Å². The molecule has 0 heterocycles. The van der Waals surface area contributed by atoms with Crippen molar-refractivity contribution < 1.29 is 9.90 Å². The van der Waals surface area contributed by atoms with Gasteiger partial charge < -0.3 is 9.90 Å². The van der Waals surface area contributed by atoms with Crippen molar-refractivity contribution in [3.8, 4) is 0 Å². The van der Waals surface area contributed by atoms with Crippen LogP contribution in [-0.4, -0.2) is 42.0 Å². The van der Waals surface area contributed by atoms with Crippen LogP contribution in [0, 0.1) is 5.41 Å². The van der Waals surface area contributed by atoms with Crippen LogP contribution in [0.25, 0.3) is 0 Å². The van der Waals surface area contributed by atoms with E-state index in [1.54, 1.807) is 0 Å². The smallest absolute Gasteiger partial charge is 0.127 e. The quantitative estimate of drug-likeness (QED) is 0.678. The van der Waals surface area contributed by atoms with Crippen LogP contribution in [0.1, 0.15) is 58.8 Å². The van der Waals surface area contributed by atoms with Gasteiger partial charge in [0.05, 0.1) is 6.61 Å². The Morgan fingerprint density at radius 2 is 1.83 bits per heavy atom. The lowest BCUT2D eigenvalue weighted by Gasteiger charge is -2.40. The van der Waals surface area contributed by atoms with Crippen molar-refractivity contribution in [1.29, 1.82) is 0 Å². The maximum absolute atomic E-state index is 11.5. The molecule has 1 aliphatic rings. The van der Waals surface area contributed by atoms with Crippen molar-refractivity contribution >= 4 is 6.29 Å². The minimum absolute atomic E-state index is 0.143. The SMILES string of the molecule is CCC(CC)N(CCO)CC1(C=O)CCCCC1. The number of hydrogen-bond acceptors (Lipinski definition) is 3. The number of nitrogens with zero attached hydrogens (tertiary/aromatic N) is 1. The number of aldehydes is 1. The van der Waals surface area contributed by atoms with Gasteiger partial charge in [-0.15, -0.1) is 0 Å². The highest BCUT2D eigenvalue weighted by Crippen LogP contribution is 2.35. The largest absolute Gasteiger partial charge is 0.395 e. The lowest BCUT2D eigenvalue weighted by Crippen LogP contribution is -2.46. The molecular formula is C15H29NO2. The average Bonchev–Trinajstić information content (AvgIpc) is 2.41. The molecule has 0 aromatic carbocycles. The van der Waals surface area contributed by atoms with Crippen LogP contribution in [0.5, 0.6) is 0 Å². The van der Waals surface area contributed by atoms with Gasteiger partial charge in [-0.3, -0.25) is 4.90 Å². The first-order valence-corrected chi connectivity index (χ1v) is 7.52. The molecule has 1 fully saturated rings. The summed E-state index contributed by atoms with van der Waals surface area (Å²) in [5.74, 6) is 0. The molecule has 106 valence electrons. The van der Waals surface area contributed by atoms with Crippen molar-refractivity contribution in [2.75, 3.05) is 19.7 Å². The van der Waals surface area contributed by atoms with Gasteiger partial charge in [0, 0.05) is 24.5 Å². The van der Waals surface area contributed by atoms with E-state index in [9.17, 15) is 9.90 Å². The van der Waals surface area contributed by atoms with Crippen molar-refractivity contribution in [2.45, 2.75) is 64.8 Å². The van der Waals surface area contributed by atoms with E-state index >= 15 is 0 Å². The molecule has 1 aliphatic carbocycles. The fourth-order valence-electron chi connectivity index (χ4n) is 3.30. The molecule has 1 rings (SSSR count). The summed E-state index contributed by atoms with van der Waals surface area (Å²) in [5.41, 5.74) is -0.143. The van der Waals surface area contributed by atoms with E-state index in [1.807, 2.05) is 0 Å². The molecule has 0 aromatic rings. The van der Waals surface area contributed by atoms with E-state index < -0.39 is 0 Å². The van der Waals surface area contributed by atoms with E-state index in [0.29, 0.717) is 12.6 Å².